The van der Waals surface area contributed by atoms with Gasteiger partial charge < -0.3 is 9.64 Å². The van der Waals surface area contributed by atoms with Crippen LogP contribution in [0.1, 0.15) is 6.92 Å². The summed E-state index contributed by atoms with van der Waals surface area (Å²) in [6.07, 6.45) is 1.31. The highest BCUT2D eigenvalue weighted by molar-refractivity contribution is 8.04. The maximum atomic E-state index is 14.6. The van der Waals surface area contributed by atoms with Crippen molar-refractivity contribution in [2.24, 2.45) is 0 Å². The number of aromatic nitrogens is 2. The van der Waals surface area contributed by atoms with E-state index in [0.717, 1.165) is 0 Å². The lowest BCUT2D eigenvalue weighted by Gasteiger charge is -2.18. The highest BCUT2D eigenvalue weighted by Crippen LogP contribution is 2.30. The van der Waals surface area contributed by atoms with E-state index in [0.29, 0.717) is 33.4 Å². The van der Waals surface area contributed by atoms with E-state index in [4.69, 9.17) is 4.74 Å². The van der Waals surface area contributed by atoms with Crippen molar-refractivity contribution < 1.29 is 18.7 Å². The van der Waals surface area contributed by atoms with Gasteiger partial charge in [0, 0.05) is 12.3 Å². The second-order valence-corrected chi connectivity index (χ2v) is 8.98. The number of nitrogens with zero attached hydrogens (tertiary/aromatic N) is 3. The summed E-state index contributed by atoms with van der Waals surface area (Å²) in [6.45, 7) is 2.25. The lowest BCUT2D eigenvalue weighted by molar-refractivity contribution is -0.137. The molecule has 2 heterocycles. The van der Waals surface area contributed by atoms with Gasteiger partial charge in [-0.1, -0.05) is 47.8 Å². The third kappa shape index (κ3) is 4.96. The second kappa shape index (κ2) is 10.2. The summed E-state index contributed by atoms with van der Waals surface area (Å²) in [6, 6.07) is 12.9. The molecule has 1 amide bonds. The molecule has 170 valence electrons. The number of carbonyl (C=O) groups is 2. The maximum Gasteiger partial charge on any atom is 0.333 e. The van der Waals surface area contributed by atoms with Gasteiger partial charge in [-0.05, 0) is 31.2 Å². The Morgan fingerprint density at radius 3 is 2.76 bits per heavy atom. The summed E-state index contributed by atoms with van der Waals surface area (Å²) in [5.41, 5.74) is 0.246. The molecule has 1 aliphatic heterocycles. The Labute approximate surface area is 197 Å². The molecule has 0 saturated carbocycles. The summed E-state index contributed by atoms with van der Waals surface area (Å²) < 4.78 is 20.8. The van der Waals surface area contributed by atoms with Crippen LogP contribution in [0.5, 0.6) is 0 Å². The number of esters is 1. The fraction of sp³-hybridized carbons (Fsp3) is 0.217. The van der Waals surface area contributed by atoms with Crippen LogP contribution in [0.25, 0.3) is 16.6 Å². The molecule has 0 bridgehead atoms. The summed E-state index contributed by atoms with van der Waals surface area (Å²) in [7, 11) is 0. The van der Waals surface area contributed by atoms with Gasteiger partial charge in [-0.3, -0.25) is 14.2 Å². The molecule has 0 spiro atoms. The number of benzene rings is 2. The summed E-state index contributed by atoms with van der Waals surface area (Å²) in [5.74, 6) is -0.536. The fourth-order valence-corrected chi connectivity index (χ4v) is 5.22. The minimum atomic E-state index is -0.538. The van der Waals surface area contributed by atoms with E-state index >= 15 is 0 Å². The number of carbonyl (C=O) groups excluding carboxylic acids is 2. The van der Waals surface area contributed by atoms with Crippen LogP contribution in [0.2, 0.25) is 0 Å². The number of halogens is 1. The summed E-state index contributed by atoms with van der Waals surface area (Å²) in [5, 5.41) is 1.23. The largest absolute Gasteiger partial charge is 0.463 e. The monoisotopic (exact) mass is 485 g/mol. The molecule has 0 radical (unpaired) electrons. The first-order chi connectivity index (χ1) is 16.0. The minimum Gasteiger partial charge on any atom is -0.463 e. The van der Waals surface area contributed by atoms with Crippen LogP contribution >= 0.6 is 23.5 Å². The van der Waals surface area contributed by atoms with Crippen LogP contribution in [0.3, 0.4) is 0 Å². The Morgan fingerprint density at radius 2 is 1.97 bits per heavy atom. The summed E-state index contributed by atoms with van der Waals surface area (Å²) >= 11 is 2.51. The number of fused-ring (bicyclic) bond motifs is 1. The molecule has 2 aromatic carbocycles. The third-order valence-corrected chi connectivity index (χ3v) is 6.77. The Bertz CT molecular complexity index is 1310. The lowest BCUT2D eigenvalue weighted by atomic mass is 10.2. The van der Waals surface area contributed by atoms with Gasteiger partial charge in [-0.15, -0.1) is 0 Å². The van der Waals surface area contributed by atoms with Crippen molar-refractivity contribution in [3.63, 3.8) is 0 Å². The van der Waals surface area contributed by atoms with Crippen molar-refractivity contribution >= 4 is 46.3 Å². The normalized spacial score (nSPS) is 14.9. The lowest BCUT2D eigenvalue weighted by Crippen LogP contribution is -2.28. The number of hydrogen-bond donors (Lipinski definition) is 0. The van der Waals surface area contributed by atoms with Crippen LogP contribution in [-0.4, -0.2) is 51.0 Å². The van der Waals surface area contributed by atoms with E-state index in [1.807, 2.05) is 0 Å². The van der Waals surface area contributed by atoms with E-state index in [2.05, 4.69) is 4.98 Å². The van der Waals surface area contributed by atoms with Gasteiger partial charge in [0.25, 0.3) is 5.56 Å². The highest BCUT2D eigenvalue weighted by Gasteiger charge is 2.27. The molecule has 1 saturated heterocycles. The first kappa shape index (κ1) is 23.1. The van der Waals surface area contributed by atoms with Crippen LogP contribution < -0.4 is 5.56 Å². The molecular weight excluding hydrogens is 465 g/mol. The van der Waals surface area contributed by atoms with Gasteiger partial charge in [-0.2, -0.15) is 0 Å². The number of hydrogen-bond acceptors (Lipinski definition) is 7. The van der Waals surface area contributed by atoms with Gasteiger partial charge >= 0.3 is 5.97 Å². The zero-order chi connectivity index (χ0) is 23.4. The van der Waals surface area contributed by atoms with E-state index in [9.17, 15) is 18.8 Å². The van der Waals surface area contributed by atoms with Gasteiger partial charge in [-0.25, -0.2) is 14.2 Å². The zero-order valence-electron chi connectivity index (χ0n) is 17.7. The van der Waals surface area contributed by atoms with E-state index in [1.165, 1.54) is 51.2 Å². The first-order valence-electron chi connectivity index (χ1n) is 10.2. The molecule has 10 heteroatoms. The Kier molecular flexibility index (Phi) is 7.14. The average molecular weight is 486 g/mol. The molecule has 0 unspecified atom stereocenters. The number of rotatable bonds is 7. The quantitative estimate of drug-likeness (QED) is 0.219. The Morgan fingerprint density at radius 1 is 1.21 bits per heavy atom. The summed E-state index contributed by atoms with van der Waals surface area (Å²) in [4.78, 5) is 43.4. The fourth-order valence-electron chi connectivity index (χ4n) is 3.34. The Balaban J connectivity index is 1.63. The van der Waals surface area contributed by atoms with Crippen LogP contribution in [-0.2, 0) is 14.3 Å². The molecule has 0 aliphatic carbocycles. The van der Waals surface area contributed by atoms with Crippen molar-refractivity contribution in [2.45, 2.75) is 12.1 Å². The minimum absolute atomic E-state index is 0.110. The van der Waals surface area contributed by atoms with Gasteiger partial charge in [0.2, 0.25) is 5.91 Å². The van der Waals surface area contributed by atoms with Crippen molar-refractivity contribution in [2.75, 3.05) is 24.7 Å². The van der Waals surface area contributed by atoms with E-state index < -0.39 is 11.8 Å². The van der Waals surface area contributed by atoms with Crippen molar-refractivity contribution in [1.29, 1.82) is 0 Å². The van der Waals surface area contributed by atoms with Gasteiger partial charge in [0.15, 0.2) is 5.16 Å². The van der Waals surface area contributed by atoms with E-state index in [-0.39, 0.29) is 29.5 Å². The predicted octanol–water partition coefficient (Wildman–Crippen LogP) is 3.60. The van der Waals surface area contributed by atoms with Crippen LogP contribution in [0.4, 0.5) is 4.39 Å². The standard InChI is InChI=1S/C23H20FN3O4S2/c1-2-31-21(29)13-20-26(19(28)14-33-20)11-12-32-23-25-17-9-5-3-7-15(17)22(30)27(23)18-10-6-4-8-16(18)24/h3-10,13H,2,11-12,14H2,1H3/b20-13-. The molecule has 0 atom stereocenters. The highest BCUT2D eigenvalue weighted by atomic mass is 32.2. The number of thioether (sulfide) groups is 2. The van der Waals surface area contributed by atoms with Crippen LogP contribution in [0.15, 0.2) is 69.6 Å². The maximum absolute atomic E-state index is 14.6. The second-order valence-electron chi connectivity index (χ2n) is 6.92. The molecule has 33 heavy (non-hydrogen) atoms. The Hall–Kier alpha value is -3.11. The molecule has 7 nitrogen and oxygen atoms in total. The average Bonchev–Trinajstić information content (AvgIpc) is 3.14. The van der Waals surface area contributed by atoms with Crippen LogP contribution in [0, 0.1) is 5.82 Å². The molecule has 0 N–H and O–H groups in total. The predicted molar refractivity (Wildman–Crippen MR) is 127 cm³/mol. The van der Waals surface area contributed by atoms with E-state index in [1.54, 1.807) is 43.3 Å². The zero-order valence-corrected chi connectivity index (χ0v) is 19.3. The molecule has 3 aromatic rings. The number of para-hydroxylation sites is 2. The molecule has 4 rings (SSSR count). The number of ether oxygens (including phenoxy) is 1. The topological polar surface area (TPSA) is 81.5 Å². The third-order valence-electron chi connectivity index (χ3n) is 4.82. The smallest absolute Gasteiger partial charge is 0.333 e. The first-order valence-corrected chi connectivity index (χ1v) is 12.2. The number of amides is 1. The van der Waals surface area contributed by atoms with Crippen molar-refractivity contribution in [1.82, 2.24) is 14.5 Å². The van der Waals surface area contributed by atoms with Gasteiger partial charge in [0.1, 0.15) is 5.82 Å². The molecule has 1 aromatic heterocycles. The SMILES string of the molecule is CCOC(=O)/C=C1\SCC(=O)N1CCSc1nc2ccccc2c(=O)n1-c1ccccc1F. The molecular formula is C23H20FN3O4S2. The van der Waals surface area contributed by atoms with Crippen molar-refractivity contribution in [3.05, 3.63) is 75.8 Å². The van der Waals surface area contributed by atoms with Crippen molar-refractivity contribution in [3.8, 4) is 5.69 Å². The molecule has 1 fully saturated rings. The molecule has 1 aliphatic rings. The van der Waals surface area contributed by atoms with Gasteiger partial charge in [0.05, 0.1) is 40.1 Å².